The van der Waals surface area contributed by atoms with Crippen molar-refractivity contribution in [2.45, 2.75) is 39.1 Å². The molecule has 3 heterocycles. The summed E-state index contributed by atoms with van der Waals surface area (Å²) in [5.74, 6) is 0.442. The van der Waals surface area contributed by atoms with Gasteiger partial charge in [0.15, 0.2) is 5.13 Å². The van der Waals surface area contributed by atoms with E-state index in [1.165, 1.54) is 11.3 Å². The lowest BCUT2D eigenvalue weighted by atomic mass is 10.1. The van der Waals surface area contributed by atoms with E-state index in [-0.39, 0.29) is 43.5 Å². The van der Waals surface area contributed by atoms with E-state index in [2.05, 4.69) is 4.98 Å². The summed E-state index contributed by atoms with van der Waals surface area (Å²) in [5, 5.41) is 3.92. The topological polar surface area (TPSA) is 116 Å². The molecular formula is C27H33N7O4S. The van der Waals surface area contributed by atoms with Gasteiger partial charge in [0.25, 0.3) is 0 Å². The van der Waals surface area contributed by atoms with Gasteiger partial charge in [-0.1, -0.05) is 35.6 Å². The van der Waals surface area contributed by atoms with Crippen LogP contribution in [0.15, 0.2) is 42.5 Å². The number of amides is 4. The molecule has 0 unspecified atom stereocenters. The monoisotopic (exact) mass is 551 g/mol. The molecule has 0 saturated carbocycles. The number of para-hydroxylation sites is 1. The van der Waals surface area contributed by atoms with Gasteiger partial charge in [-0.25, -0.2) is 9.78 Å². The number of carbonyl (C=O) groups is 3. The number of nitrogen functional groups attached to an aromatic ring is 1. The Morgan fingerprint density at radius 2 is 1.90 bits per heavy atom. The Balaban J connectivity index is 1.35. The average Bonchev–Trinajstić information content (AvgIpc) is 3.44. The number of hydrogen-bond acceptors (Lipinski definition) is 8. The van der Waals surface area contributed by atoms with E-state index in [1.54, 1.807) is 38.9 Å². The maximum Gasteiger partial charge on any atom is 0.334 e. The number of urea groups is 1. The molecule has 0 aliphatic carbocycles. The molecule has 0 radical (unpaired) electrons. The number of aromatic nitrogens is 1. The zero-order valence-electron chi connectivity index (χ0n) is 22.5. The van der Waals surface area contributed by atoms with Crippen molar-refractivity contribution in [2.24, 2.45) is 0 Å². The third-order valence-electron chi connectivity index (χ3n) is 7.11. The number of nitrogens with zero attached hydrogens (tertiary/aromatic N) is 6. The number of rotatable bonds is 7. The van der Waals surface area contributed by atoms with Crippen molar-refractivity contribution in [1.82, 2.24) is 29.7 Å². The summed E-state index contributed by atoms with van der Waals surface area (Å²) in [7, 11) is 3.36. The number of methoxy groups -OCH3 is 1. The van der Waals surface area contributed by atoms with Crippen LogP contribution in [0.25, 0.3) is 10.2 Å². The van der Waals surface area contributed by atoms with E-state index in [4.69, 9.17) is 10.5 Å². The highest BCUT2D eigenvalue weighted by molar-refractivity contribution is 7.22. The Bertz CT molecular complexity index is 1390. The van der Waals surface area contributed by atoms with Crippen LogP contribution in [0.5, 0.6) is 5.75 Å². The van der Waals surface area contributed by atoms with Crippen LogP contribution < -0.4 is 10.5 Å². The van der Waals surface area contributed by atoms with Crippen molar-refractivity contribution in [1.29, 1.82) is 0 Å². The number of thiazole rings is 1. The second-order valence-corrected chi connectivity index (χ2v) is 11.2. The summed E-state index contributed by atoms with van der Waals surface area (Å²) >= 11 is 1.41. The molecular weight excluding hydrogens is 518 g/mol. The predicted molar refractivity (Wildman–Crippen MR) is 148 cm³/mol. The standard InChI is InChI=1S/C27H33N7O4S/c1-17(2)34(27(37)30(3)12-18-8-10-20(38-4)11-9-18)33-16-24(36)32-15-23(35)31(14-22(32)33)13-19-6-5-7-21-25(19)29-26(28)39-21/h5-11,17,22H,12-16H2,1-4H3,(H2,28,29)/t22-/m0/s1. The van der Waals surface area contributed by atoms with E-state index >= 15 is 0 Å². The number of ether oxygens (including phenoxy) is 1. The number of nitrogens with two attached hydrogens (primary N) is 1. The van der Waals surface area contributed by atoms with Gasteiger partial charge in [-0.3, -0.25) is 14.6 Å². The minimum absolute atomic E-state index is 0.0308. The van der Waals surface area contributed by atoms with Crippen LogP contribution in [-0.4, -0.2) is 93.5 Å². The molecule has 2 N–H and O–H groups in total. The van der Waals surface area contributed by atoms with Gasteiger partial charge in [0.2, 0.25) is 11.8 Å². The minimum atomic E-state index is -0.448. The molecule has 4 amide bonds. The number of anilines is 1. The summed E-state index contributed by atoms with van der Waals surface area (Å²) in [4.78, 5) is 49.2. The number of fused-ring (bicyclic) bond motifs is 2. The second kappa shape index (κ2) is 10.7. The first-order chi connectivity index (χ1) is 18.7. The Morgan fingerprint density at radius 3 is 2.59 bits per heavy atom. The third kappa shape index (κ3) is 5.21. The molecule has 3 aromatic rings. The van der Waals surface area contributed by atoms with E-state index < -0.39 is 6.17 Å². The molecule has 2 fully saturated rings. The van der Waals surface area contributed by atoms with Crippen molar-refractivity contribution >= 4 is 44.5 Å². The van der Waals surface area contributed by atoms with Crippen LogP contribution in [-0.2, 0) is 22.7 Å². The Hall–Kier alpha value is -3.90. The summed E-state index contributed by atoms with van der Waals surface area (Å²) in [5.41, 5.74) is 8.57. The van der Waals surface area contributed by atoms with Crippen molar-refractivity contribution in [3.8, 4) is 5.75 Å². The lowest BCUT2D eigenvalue weighted by Crippen LogP contribution is -2.63. The van der Waals surface area contributed by atoms with Gasteiger partial charge >= 0.3 is 6.03 Å². The maximum atomic E-state index is 13.7. The minimum Gasteiger partial charge on any atom is -0.497 e. The van der Waals surface area contributed by atoms with E-state index in [9.17, 15) is 14.4 Å². The first-order valence-corrected chi connectivity index (χ1v) is 13.6. The number of benzene rings is 2. The SMILES string of the molecule is COc1ccc(CN(C)C(=O)N(C(C)C)N2CC(=O)N3CC(=O)N(Cc4cccc5sc(N)nc45)C[C@@H]32)cc1. The van der Waals surface area contributed by atoms with Gasteiger partial charge in [-0.15, -0.1) is 0 Å². The number of carbonyl (C=O) groups excluding carboxylic acids is 3. The highest BCUT2D eigenvalue weighted by Gasteiger charge is 2.48. The quantitative estimate of drug-likeness (QED) is 0.480. The molecule has 206 valence electrons. The number of hydrogen-bond donors (Lipinski definition) is 1. The second-order valence-electron chi connectivity index (χ2n) is 10.1. The Morgan fingerprint density at radius 1 is 1.15 bits per heavy atom. The largest absolute Gasteiger partial charge is 0.497 e. The molecule has 1 atom stereocenters. The fourth-order valence-corrected chi connectivity index (χ4v) is 5.98. The molecule has 2 aromatic carbocycles. The lowest BCUT2D eigenvalue weighted by Gasteiger charge is -2.44. The third-order valence-corrected chi connectivity index (χ3v) is 7.96. The van der Waals surface area contributed by atoms with Crippen LogP contribution in [0.1, 0.15) is 25.0 Å². The summed E-state index contributed by atoms with van der Waals surface area (Å²) < 4.78 is 6.19. The predicted octanol–water partition coefficient (Wildman–Crippen LogP) is 2.58. The van der Waals surface area contributed by atoms with E-state index in [0.29, 0.717) is 18.2 Å². The van der Waals surface area contributed by atoms with Crippen LogP contribution in [0.3, 0.4) is 0 Å². The molecule has 12 heteroatoms. The first kappa shape index (κ1) is 26.7. The highest BCUT2D eigenvalue weighted by Crippen LogP contribution is 2.30. The first-order valence-electron chi connectivity index (χ1n) is 12.8. The Labute approximate surface area is 231 Å². The molecule has 5 rings (SSSR count). The molecule has 2 saturated heterocycles. The fraction of sp³-hybridized carbons (Fsp3) is 0.407. The Kier molecular flexibility index (Phi) is 7.32. The van der Waals surface area contributed by atoms with Crippen LogP contribution in [0.2, 0.25) is 0 Å². The lowest BCUT2D eigenvalue weighted by molar-refractivity contribution is -0.150. The molecule has 0 bridgehead atoms. The number of piperazine rings is 1. The van der Waals surface area contributed by atoms with Crippen molar-refractivity contribution in [3.63, 3.8) is 0 Å². The van der Waals surface area contributed by atoms with Gasteiger partial charge in [0.1, 0.15) is 18.5 Å². The summed E-state index contributed by atoms with van der Waals surface area (Å²) in [6.45, 7) is 4.86. The van der Waals surface area contributed by atoms with Gasteiger partial charge in [-0.05, 0) is 43.2 Å². The summed E-state index contributed by atoms with van der Waals surface area (Å²) in [6.07, 6.45) is -0.448. The zero-order chi connectivity index (χ0) is 27.8. The van der Waals surface area contributed by atoms with Crippen LogP contribution >= 0.6 is 11.3 Å². The van der Waals surface area contributed by atoms with E-state index in [0.717, 1.165) is 27.1 Å². The zero-order valence-corrected chi connectivity index (χ0v) is 23.4. The average molecular weight is 552 g/mol. The summed E-state index contributed by atoms with van der Waals surface area (Å²) in [6, 6.07) is 13.0. The van der Waals surface area contributed by atoms with Crippen LogP contribution in [0, 0.1) is 0 Å². The molecule has 39 heavy (non-hydrogen) atoms. The van der Waals surface area contributed by atoms with Crippen LogP contribution in [0.4, 0.5) is 9.93 Å². The van der Waals surface area contributed by atoms with Gasteiger partial charge in [-0.2, -0.15) is 5.01 Å². The number of hydrazine groups is 1. The normalized spacial score (nSPS) is 17.7. The fourth-order valence-electron chi connectivity index (χ4n) is 5.20. The van der Waals surface area contributed by atoms with Gasteiger partial charge < -0.3 is 25.2 Å². The van der Waals surface area contributed by atoms with Gasteiger partial charge in [0.05, 0.1) is 30.4 Å². The maximum absolute atomic E-state index is 13.7. The highest BCUT2D eigenvalue weighted by atomic mass is 32.1. The van der Waals surface area contributed by atoms with Crippen molar-refractivity contribution in [3.05, 3.63) is 53.6 Å². The molecule has 2 aliphatic heterocycles. The van der Waals surface area contributed by atoms with E-state index in [1.807, 2.05) is 56.3 Å². The molecule has 0 spiro atoms. The van der Waals surface area contributed by atoms with Crippen molar-refractivity contribution in [2.75, 3.05) is 39.5 Å². The molecule has 1 aromatic heterocycles. The molecule has 2 aliphatic rings. The van der Waals surface area contributed by atoms with Gasteiger partial charge in [0, 0.05) is 26.2 Å². The molecule has 11 nitrogen and oxygen atoms in total. The van der Waals surface area contributed by atoms with Crippen molar-refractivity contribution < 1.29 is 19.1 Å². The smallest absolute Gasteiger partial charge is 0.334 e.